The molecule has 1 unspecified atom stereocenters. The number of aryl methyl sites for hydroxylation is 1. The van der Waals surface area contributed by atoms with Gasteiger partial charge in [0.1, 0.15) is 5.01 Å². The van der Waals surface area contributed by atoms with Gasteiger partial charge in [0.25, 0.3) is 0 Å². The third-order valence-corrected chi connectivity index (χ3v) is 5.62. The van der Waals surface area contributed by atoms with E-state index in [-0.39, 0.29) is 6.04 Å². The van der Waals surface area contributed by atoms with Crippen LogP contribution in [0.15, 0.2) is 42.5 Å². The highest BCUT2D eigenvalue weighted by molar-refractivity contribution is 7.18. The van der Waals surface area contributed by atoms with Gasteiger partial charge in [-0.1, -0.05) is 29.5 Å². The van der Waals surface area contributed by atoms with Crippen molar-refractivity contribution in [2.75, 3.05) is 11.9 Å². The smallest absolute Gasteiger partial charge is 0.359 e. The highest BCUT2D eigenvalue weighted by Crippen LogP contribution is 2.30. The maximum atomic E-state index is 12.8. The molecule has 0 saturated carbocycles. The van der Waals surface area contributed by atoms with Gasteiger partial charge in [0.05, 0.1) is 16.8 Å². The number of hydrogen-bond donors (Lipinski definition) is 3. The van der Waals surface area contributed by atoms with Crippen molar-refractivity contribution in [3.05, 3.63) is 59.3 Å². The van der Waals surface area contributed by atoms with E-state index in [9.17, 15) is 13.2 Å². The van der Waals surface area contributed by atoms with Crippen molar-refractivity contribution in [3.63, 3.8) is 0 Å². The summed E-state index contributed by atoms with van der Waals surface area (Å²) in [5, 5.41) is 21.0. The Balaban J connectivity index is 1.38. The summed E-state index contributed by atoms with van der Waals surface area (Å²) in [5.74, 6) is 0. The average molecular weight is 432 g/mol. The second-order valence-electron chi connectivity index (χ2n) is 7.02. The summed E-state index contributed by atoms with van der Waals surface area (Å²) in [6, 6.07) is 10.8. The first kappa shape index (κ1) is 20.3. The van der Waals surface area contributed by atoms with E-state index in [0.29, 0.717) is 23.7 Å². The van der Waals surface area contributed by atoms with Crippen LogP contribution in [0.1, 0.15) is 16.8 Å². The second-order valence-corrected chi connectivity index (χ2v) is 8.00. The van der Waals surface area contributed by atoms with Crippen LogP contribution in [0.5, 0.6) is 0 Å². The lowest BCUT2D eigenvalue weighted by Gasteiger charge is -2.13. The predicted octanol–water partition coefficient (Wildman–Crippen LogP) is 4.39. The van der Waals surface area contributed by atoms with E-state index < -0.39 is 11.7 Å². The topological polar surface area (TPSA) is 92.5 Å². The van der Waals surface area contributed by atoms with E-state index in [1.54, 1.807) is 6.07 Å². The molecule has 0 amide bonds. The van der Waals surface area contributed by atoms with E-state index in [0.717, 1.165) is 39.3 Å². The first-order valence-corrected chi connectivity index (χ1v) is 10.1. The van der Waals surface area contributed by atoms with Gasteiger partial charge in [-0.25, -0.2) is 0 Å². The largest absolute Gasteiger partial charge is 0.416 e. The summed E-state index contributed by atoms with van der Waals surface area (Å²) < 4.78 is 38.5. The Morgan fingerprint density at radius 3 is 2.80 bits per heavy atom. The Morgan fingerprint density at radius 1 is 1.17 bits per heavy atom. The fourth-order valence-electron chi connectivity index (χ4n) is 3.16. The number of aromatic nitrogens is 4. The van der Waals surface area contributed by atoms with Crippen LogP contribution in [-0.2, 0) is 12.6 Å². The molecule has 0 aliphatic heterocycles. The van der Waals surface area contributed by atoms with Gasteiger partial charge in [0.15, 0.2) is 0 Å². The van der Waals surface area contributed by atoms with Gasteiger partial charge in [0, 0.05) is 23.5 Å². The van der Waals surface area contributed by atoms with Crippen molar-refractivity contribution >= 4 is 27.4 Å². The Kier molecular flexibility index (Phi) is 5.44. The number of rotatable bonds is 6. The van der Waals surface area contributed by atoms with E-state index in [1.165, 1.54) is 17.4 Å². The number of benzene rings is 2. The van der Waals surface area contributed by atoms with E-state index in [2.05, 4.69) is 25.7 Å². The van der Waals surface area contributed by atoms with Gasteiger partial charge in [-0.2, -0.15) is 18.3 Å². The standard InChI is InChI=1S/C20H19F3N6S/c1-11-16-9-13(5-6-17(16)27-26-11)18-28-29-19(30-18)25-10-15(24)8-12-3-2-4-14(7-12)20(21,22)23/h2-7,9,15H,8,10,24H2,1H3,(H,25,29)(H,26,27). The number of nitrogens with zero attached hydrogens (tertiary/aromatic N) is 3. The molecule has 0 spiro atoms. The maximum Gasteiger partial charge on any atom is 0.416 e. The van der Waals surface area contributed by atoms with Crippen LogP contribution in [0.2, 0.25) is 0 Å². The average Bonchev–Trinajstić information content (AvgIpc) is 3.33. The van der Waals surface area contributed by atoms with Crippen molar-refractivity contribution in [2.45, 2.75) is 25.6 Å². The summed E-state index contributed by atoms with van der Waals surface area (Å²) in [6.45, 7) is 2.30. The fourth-order valence-corrected chi connectivity index (χ4v) is 3.90. The Bertz CT molecular complexity index is 1170. The molecule has 4 aromatic rings. The van der Waals surface area contributed by atoms with E-state index >= 15 is 0 Å². The molecule has 156 valence electrons. The normalized spacial score (nSPS) is 13.0. The molecule has 30 heavy (non-hydrogen) atoms. The minimum absolute atomic E-state index is 0.318. The first-order valence-electron chi connectivity index (χ1n) is 9.24. The summed E-state index contributed by atoms with van der Waals surface area (Å²) in [6.07, 6.45) is -4.04. The summed E-state index contributed by atoms with van der Waals surface area (Å²) in [7, 11) is 0. The van der Waals surface area contributed by atoms with Gasteiger partial charge in [-0.15, -0.1) is 10.2 Å². The van der Waals surface area contributed by atoms with Crippen LogP contribution in [0.25, 0.3) is 21.5 Å². The molecule has 0 radical (unpaired) electrons. The van der Waals surface area contributed by atoms with Crippen LogP contribution in [0.3, 0.4) is 0 Å². The molecule has 0 aliphatic carbocycles. The third-order valence-electron chi connectivity index (χ3n) is 4.69. The van der Waals surface area contributed by atoms with Gasteiger partial charge < -0.3 is 11.1 Å². The van der Waals surface area contributed by atoms with Crippen LogP contribution >= 0.6 is 11.3 Å². The van der Waals surface area contributed by atoms with Gasteiger partial charge >= 0.3 is 6.18 Å². The first-order chi connectivity index (χ1) is 14.3. The van der Waals surface area contributed by atoms with Crippen molar-refractivity contribution in [1.82, 2.24) is 20.4 Å². The molecule has 1 atom stereocenters. The Hall–Kier alpha value is -2.98. The van der Waals surface area contributed by atoms with Crippen LogP contribution in [0, 0.1) is 6.92 Å². The number of anilines is 1. The molecule has 2 aromatic carbocycles. The third kappa shape index (κ3) is 4.44. The molecular formula is C20H19F3N6S. The molecule has 0 bridgehead atoms. The van der Waals surface area contributed by atoms with Gasteiger partial charge in [0.2, 0.25) is 5.13 Å². The lowest BCUT2D eigenvalue weighted by molar-refractivity contribution is -0.137. The fraction of sp³-hybridized carbons (Fsp3) is 0.250. The number of hydrogen-bond acceptors (Lipinski definition) is 6. The SMILES string of the molecule is Cc1n[nH]c2ccc(-c3nnc(NCC(N)Cc4cccc(C(F)(F)F)c4)s3)cc12. The number of fused-ring (bicyclic) bond motifs is 1. The molecule has 4 N–H and O–H groups in total. The molecule has 4 rings (SSSR count). The molecule has 0 saturated heterocycles. The lowest BCUT2D eigenvalue weighted by atomic mass is 10.0. The number of aromatic amines is 1. The number of H-pyrrole nitrogens is 1. The van der Waals surface area contributed by atoms with E-state index in [1.807, 2.05) is 25.1 Å². The Morgan fingerprint density at radius 2 is 2.00 bits per heavy atom. The van der Waals surface area contributed by atoms with Crippen LogP contribution < -0.4 is 11.1 Å². The number of nitrogens with one attached hydrogen (secondary N) is 2. The summed E-state index contributed by atoms with van der Waals surface area (Å²) in [5.41, 5.74) is 8.78. The Labute approximate surface area is 174 Å². The molecule has 2 aromatic heterocycles. The van der Waals surface area contributed by atoms with Crippen molar-refractivity contribution in [2.24, 2.45) is 5.73 Å². The predicted molar refractivity (Wildman–Crippen MR) is 111 cm³/mol. The molecule has 10 heteroatoms. The quantitative estimate of drug-likeness (QED) is 0.420. The molecule has 2 heterocycles. The van der Waals surface area contributed by atoms with Crippen molar-refractivity contribution in [1.29, 1.82) is 0 Å². The van der Waals surface area contributed by atoms with Crippen molar-refractivity contribution < 1.29 is 13.2 Å². The van der Waals surface area contributed by atoms with Gasteiger partial charge in [-0.05, 0) is 43.2 Å². The molecule has 6 nitrogen and oxygen atoms in total. The maximum absolute atomic E-state index is 12.8. The van der Waals surface area contributed by atoms with Crippen molar-refractivity contribution in [3.8, 4) is 10.6 Å². The summed E-state index contributed by atoms with van der Waals surface area (Å²) in [4.78, 5) is 0. The summed E-state index contributed by atoms with van der Waals surface area (Å²) >= 11 is 1.39. The van der Waals surface area contributed by atoms with Crippen LogP contribution in [-0.4, -0.2) is 33.0 Å². The zero-order valence-corrected chi connectivity index (χ0v) is 16.8. The highest BCUT2D eigenvalue weighted by atomic mass is 32.1. The second kappa shape index (κ2) is 8.04. The zero-order chi connectivity index (χ0) is 21.3. The lowest BCUT2D eigenvalue weighted by Crippen LogP contribution is -2.31. The molecule has 0 aliphatic rings. The number of nitrogens with two attached hydrogens (primary N) is 1. The zero-order valence-electron chi connectivity index (χ0n) is 16.0. The number of halogens is 3. The van der Waals surface area contributed by atoms with Crippen LogP contribution in [0.4, 0.5) is 18.3 Å². The molecule has 0 fully saturated rings. The highest BCUT2D eigenvalue weighted by Gasteiger charge is 2.30. The minimum atomic E-state index is -4.36. The van der Waals surface area contributed by atoms with Gasteiger partial charge in [-0.3, -0.25) is 5.10 Å². The monoisotopic (exact) mass is 432 g/mol. The number of alkyl halides is 3. The molecular weight excluding hydrogens is 413 g/mol. The minimum Gasteiger partial charge on any atom is -0.359 e. The van der Waals surface area contributed by atoms with E-state index in [4.69, 9.17) is 5.73 Å².